The van der Waals surface area contributed by atoms with Gasteiger partial charge < -0.3 is 4.98 Å². The first-order valence-electron chi connectivity index (χ1n) is 14.6. The van der Waals surface area contributed by atoms with E-state index in [4.69, 9.17) is 4.98 Å². The Balaban J connectivity index is 1.34. The van der Waals surface area contributed by atoms with E-state index in [2.05, 4.69) is 30.5 Å². The van der Waals surface area contributed by atoms with Crippen molar-refractivity contribution >= 4 is 37.0 Å². The number of fused-ring (bicyclic) bond motifs is 1. The maximum absolute atomic E-state index is 13.8. The zero-order valence-corrected chi connectivity index (χ0v) is 26.7. The summed E-state index contributed by atoms with van der Waals surface area (Å²) in [5, 5.41) is -0.960. The standard InChI is InChI=1S/C34H34N4O5S2/c1-34(2,3)27-10-7-11-28-32(27)36-33(35-28)29(20-22-12-14-25(15-13-22)30-21-31(39)38-45(30,42)43)37-44(40,41)26-18-16-24(17-19-26)23-8-5-4-6-9-23/h4-19,29-30,37H,20-21H2,1-3H3,(H,35,36)(H,38,39)/t29-,30?/m0/s1. The van der Waals surface area contributed by atoms with E-state index in [-0.39, 0.29) is 23.2 Å². The highest BCUT2D eigenvalue weighted by molar-refractivity contribution is 7.90. The van der Waals surface area contributed by atoms with Gasteiger partial charge in [0.2, 0.25) is 26.0 Å². The minimum atomic E-state index is -3.98. The largest absolute Gasteiger partial charge is 0.341 e. The van der Waals surface area contributed by atoms with Gasteiger partial charge in [-0.3, -0.25) is 9.52 Å². The van der Waals surface area contributed by atoms with Gasteiger partial charge in [0.05, 0.1) is 28.4 Å². The van der Waals surface area contributed by atoms with Crippen LogP contribution in [0.25, 0.3) is 22.2 Å². The SMILES string of the molecule is CC(C)(C)c1cccc2[nH]c([C@H](Cc3ccc(C4CC(=O)NS4(=O)=O)cc3)NS(=O)(=O)c3ccc(-c4ccccc4)cc3)nc12. The quantitative estimate of drug-likeness (QED) is 0.199. The Hall–Kier alpha value is -4.32. The lowest BCUT2D eigenvalue weighted by Gasteiger charge is -2.19. The van der Waals surface area contributed by atoms with Crippen LogP contribution in [0.1, 0.15) is 61.0 Å². The van der Waals surface area contributed by atoms with Gasteiger partial charge in [-0.15, -0.1) is 0 Å². The van der Waals surface area contributed by atoms with Crippen molar-refractivity contribution in [2.45, 2.75) is 55.2 Å². The van der Waals surface area contributed by atoms with Crippen LogP contribution in [0.2, 0.25) is 0 Å². The van der Waals surface area contributed by atoms with Crippen LogP contribution in [0.5, 0.6) is 0 Å². The maximum Gasteiger partial charge on any atom is 0.242 e. The first kappa shape index (κ1) is 30.7. The van der Waals surface area contributed by atoms with Crippen molar-refractivity contribution in [3.63, 3.8) is 0 Å². The Morgan fingerprint density at radius 1 is 0.889 bits per heavy atom. The molecule has 1 aliphatic rings. The summed E-state index contributed by atoms with van der Waals surface area (Å²) < 4.78 is 57.2. The fourth-order valence-corrected chi connectivity index (χ4v) is 8.31. The van der Waals surface area contributed by atoms with Crippen LogP contribution in [0.15, 0.2) is 102 Å². The molecular formula is C34H34N4O5S2. The molecule has 0 bridgehead atoms. The molecule has 45 heavy (non-hydrogen) atoms. The second kappa shape index (κ2) is 11.6. The third kappa shape index (κ3) is 6.42. The van der Waals surface area contributed by atoms with Gasteiger partial charge in [0.25, 0.3) is 0 Å². The molecule has 1 aliphatic heterocycles. The molecule has 0 aliphatic carbocycles. The predicted octanol–water partition coefficient (Wildman–Crippen LogP) is 5.68. The molecule has 2 atom stereocenters. The van der Waals surface area contributed by atoms with Crippen molar-refractivity contribution in [3.05, 3.63) is 120 Å². The summed E-state index contributed by atoms with van der Waals surface area (Å²) in [6, 6.07) is 28.4. The van der Waals surface area contributed by atoms with Crippen molar-refractivity contribution in [1.82, 2.24) is 19.4 Å². The molecule has 1 unspecified atom stereocenters. The van der Waals surface area contributed by atoms with E-state index < -0.39 is 37.2 Å². The number of hydrogen-bond donors (Lipinski definition) is 3. The van der Waals surface area contributed by atoms with Crippen molar-refractivity contribution in [3.8, 4) is 11.1 Å². The number of para-hydroxylation sites is 1. The highest BCUT2D eigenvalue weighted by Gasteiger charge is 2.37. The van der Waals surface area contributed by atoms with E-state index in [9.17, 15) is 21.6 Å². The summed E-state index contributed by atoms with van der Waals surface area (Å²) in [6.07, 6.45) is 0.100. The molecule has 2 heterocycles. The number of rotatable bonds is 8. The fourth-order valence-electron chi connectivity index (χ4n) is 5.68. The molecule has 1 fully saturated rings. The number of amides is 1. The van der Waals surface area contributed by atoms with E-state index in [1.807, 2.05) is 53.3 Å². The van der Waals surface area contributed by atoms with Crippen molar-refractivity contribution < 1.29 is 21.6 Å². The maximum atomic E-state index is 13.8. The van der Waals surface area contributed by atoms with Crippen LogP contribution in [0.3, 0.4) is 0 Å². The van der Waals surface area contributed by atoms with Crippen molar-refractivity contribution in [1.29, 1.82) is 0 Å². The van der Waals surface area contributed by atoms with Crippen LogP contribution >= 0.6 is 0 Å². The summed E-state index contributed by atoms with van der Waals surface area (Å²) in [6.45, 7) is 6.31. The second-order valence-corrected chi connectivity index (χ2v) is 15.9. The van der Waals surface area contributed by atoms with Gasteiger partial charge in [0.15, 0.2) is 0 Å². The number of sulfonamides is 2. The number of aromatic amines is 1. The van der Waals surface area contributed by atoms with Crippen molar-refractivity contribution in [2.75, 3.05) is 0 Å². The monoisotopic (exact) mass is 642 g/mol. The molecule has 1 saturated heterocycles. The second-order valence-electron chi connectivity index (χ2n) is 12.3. The summed E-state index contributed by atoms with van der Waals surface area (Å²) in [5.41, 5.74) is 5.56. The molecule has 9 nitrogen and oxygen atoms in total. The van der Waals surface area contributed by atoms with Crippen LogP contribution < -0.4 is 9.44 Å². The van der Waals surface area contributed by atoms with E-state index in [1.165, 1.54) is 0 Å². The van der Waals surface area contributed by atoms with E-state index in [1.54, 1.807) is 48.5 Å². The van der Waals surface area contributed by atoms with Gasteiger partial charge in [-0.1, -0.05) is 99.6 Å². The Kier molecular flexibility index (Phi) is 7.88. The zero-order valence-electron chi connectivity index (χ0n) is 25.1. The van der Waals surface area contributed by atoms with Gasteiger partial charge in [-0.05, 0) is 57.9 Å². The van der Waals surface area contributed by atoms with Gasteiger partial charge in [-0.2, -0.15) is 0 Å². The lowest BCUT2D eigenvalue weighted by molar-refractivity contribution is -0.118. The normalized spacial score (nSPS) is 17.3. The zero-order chi connectivity index (χ0) is 32.0. The summed E-state index contributed by atoms with van der Waals surface area (Å²) in [5.74, 6) is -0.0710. The van der Waals surface area contributed by atoms with Crippen LogP contribution in [-0.4, -0.2) is 32.7 Å². The van der Waals surface area contributed by atoms with Gasteiger partial charge in [0, 0.05) is 0 Å². The molecule has 0 spiro atoms. The predicted molar refractivity (Wildman–Crippen MR) is 174 cm³/mol. The van der Waals surface area contributed by atoms with Crippen LogP contribution in [0.4, 0.5) is 0 Å². The third-order valence-electron chi connectivity index (χ3n) is 8.03. The number of carbonyl (C=O) groups is 1. The van der Waals surface area contributed by atoms with E-state index >= 15 is 0 Å². The molecular weight excluding hydrogens is 609 g/mol. The summed E-state index contributed by atoms with van der Waals surface area (Å²) in [7, 11) is -7.76. The Morgan fingerprint density at radius 3 is 2.18 bits per heavy atom. The number of nitrogens with zero attached hydrogens (tertiary/aromatic N) is 1. The minimum absolute atomic E-state index is 0.123. The highest BCUT2D eigenvalue weighted by Crippen LogP contribution is 2.33. The smallest absolute Gasteiger partial charge is 0.242 e. The number of carbonyl (C=O) groups excluding carboxylic acids is 1. The van der Waals surface area contributed by atoms with Gasteiger partial charge >= 0.3 is 0 Å². The van der Waals surface area contributed by atoms with Crippen LogP contribution in [0, 0.1) is 0 Å². The highest BCUT2D eigenvalue weighted by atomic mass is 32.2. The number of nitrogens with one attached hydrogen (secondary N) is 3. The molecule has 232 valence electrons. The molecule has 4 aromatic carbocycles. The van der Waals surface area contributed by atoms with Gasteiger partial charge in [-0.25, -0.2) is 26.5 Å². The lowest BCUT2D eigenvalue weighted by atomic mass is 9.86. The molecule has 0 radical (unpaired) electrons. The summed E-state index contributed by atoms with van der Waals surface area (Å²) >= 11 is 0. The Morgan fingerprint density at radius 2 is 1.56 bits per heavy atom. The molecule has 6 rings (SSSR count). The van der Waals surface area contributed by atoms with E-state index in [0.717, 1.165) is 33.3 Å². The lowest BCUT2D eigenvalue weighted by Crippen LogP contribution is -2.31. The number of benzene rings is 4. The van der Waals surface area contributed by atoms with Crippen LogP contribution in [-0.2, 0) is 36.7 Å². The molecule has 1 aromatic heterocycles. The average Bonchev–Trinajstić information content (AvgIpc) is 3.56. The summed E-state index contributed by atoms with van der Waals surface area (Å²) in [4.78, 5) is 20.1. The minimum Gasteiger partial charge on any atom is -0.341 e. The molecule has 1 amide bonds. The Labute approximate surface area is 263 Å². The fraction of sp³-hybridized carbons (Fsp3) is 0.235. The van der Waals surface area contributed by atoms with Gasteiger partial charge in [0.1, 0.15) is 11.1 Å². The Bertz CT molecular complexity index is 2080. The first-order chi connectivity index (χ1) is 21.3. The molecule has 11 heteroatoms. The average molecular weight is 643 g/mol. The number of hydrogen-bond acceptors (Lipinski definition) is 6. The number of imidazole rings is 1. The molecule has 5 aromatic rings. The number of aromatic nitrogens is 2. The van der Waals surface area contributed by atoms with Crippen molar-refractivity contribution in [2.24, 2.45) is 0 Å². The third-order valence-corrected chi connectivity index (χ3v) is 11.2. The van der Waals surface area contributed by atoms with E-state index in [0.29, 0.717) is 11.4 Å². The topological polar surface area (TPSA) is 138 Å². The molecule has 3 N–H and O–H groups in total. The molecule has 0 saturated carbocycles. The number of H-pyrrole nitrogens is 1. The first-order valence-corrected chi connectivity index (χ1v) is 17.6.